The van der Waals surface area contributed by atoms with Crippen molar-refractivity contribution in [3.8, 4) is 16.9 Å². The lowest BCUT2D eigenvalue weighted by Crippen LogP contribution is -2.00. The van der Waals surface area contributed by atoms with Gasteiger partial charge in [-0.25, -0.2) is 0 Å². The highest BCUT2D eigenvalue weighted by atomic mass is 32.1. The summed E-state index contributed by atoms with van der Waals surface area (Å²) in [7, 11) is 0. The number of carbonyl (C=O) groups is 1. The first kappa shape index (κ1) is 14.7. The second kappa shape index (κ2) is 5.95. The summed E-state index contributed by atoms with van der Waals surface area (Å²) in [5, 5.41) is 10.8. The lowest BCUT2D eigenvalue weighted by Gasteiger charge is -2.05. The Morgan fingerprint density at radius 3 is 2.38 bits per heavy atom. The summed E-state index contributed by atoms with van der Waals surface area (Å²) >= 11 is 1.50. The molecular formula is C21H14O2S. The van der Waals surface area contributed by atoms with Gasteiger partial charge in [0.1, 0.15) is 5.75 Å². The molecule has 1 heterocycles. The molecule has 0 spiro atoms. The van der Waals surface area contributed by atoms with Gasteiger partial charge in [0.25, 0.3) is 0 Å². The molecule has 0 atom stereocenters. The number of fused-ring (bicyclic) bond motifs is 1. The first-order chi connectivity index (χ1) is 11.7. The normalized spacial score (nSPS) is 10.8. The Bertz CT molecular complexity index is 1030. The summed E-state index contributed by atoms with van der Waals surface area (Å²) in [4.78, 5) is 13.8. The minimum atomic E-state index is -0.0639. The Kier molecular flexibility index (Phi) is 3.63. The number of thiophene rings is 1. The Morgan fingerprint density at radius 1 is 0.833 bits per heavy atom. The molecule has 4 rings (SSSR count). The summed E-state index contributed by atoms with van der Waals surface area (Å²) in [5.41, 5.74) is 2.49. The molecule has 0 aliphatic rings. The third-order valence-electron chi connectivity index (χ3n) is 3.97. The number of rotatable bonds is 3. The zero-order valence-electron chi connectivity index (χ0n) is 12.8. The highest BCUT2D eigenvalue weighted by Gasteiger charge is 2.20. The highest BCUT2D eigenvalue weighted by molar-refractivity contribution is 7.21. The van der Waals surface area contributed by atoms with Gasteiger partial charge in [-0.3, -0.25) is 4.79 Å². The summed E-state index contributed by atoms with van der Waals surface area (Å²) < 4.78 is 1.08. The van der Waals surface area contributed by atoms with Crippen molar-refractivity contribution >= 4 is 27.2 Å². The van der Waals surface area contributed by atoms with Crippen molar-refractivity contribution in [2.75, 3.05) is 0 Å². The molecule has 0 aliphatic heterocycles. The van der Waals surface area contributed by atoms with Gasteiger partial charge in [-0.05, 0) is 23.8 Å². The maximum absolute atomic E-state index is 13.1. The van der Waals surface area contributed by atoms with Gasteiger partial charge in [0.15, 0.2) is 0 Å². The number of benzene rings is 3. The van der Waals surface area contributed by atoms with Crippen molar-refractivity contribution in [2.24, 2.45) is 0 Å². The van der Waals surface area contributed by atoms with Crippen molar-refractivity contribution in [3.63, 3.8) is 0 Å². The smallest absolute Gasteiger partial charge is 0.203 e. The van der Waals surface area contributed by atoms with Crippen molar-refractivity contribution in [1.82, 2.24) is 0 Å². The summed E-state index contributed by atoms with van der Waals surface area (Å²) in [6.07, 6.45) is 0. The van der Waals surface area contributed by atoms with E-state index in [9.17, 15) is 9.90 Å². The lowest BCUT2D eigenvalue weighted by molar-refractivity contribution is 0.104. The number of hydrogen-bond donors (Lipinski definition) is 1. The molecule has 24 heavy (non-hydrogen) atoms. The number of phenols is 1. The van der Waals surface area contributed by atoms with E-state index in [-0.39, 0.29) is 11.5 Å². The van der Waals surface area contributed by atoms with E-state index in [1.165, 1.54) is 17.4 Å². The van der Waals surface area contributed by atoms with E-state index in [4.69, 9.17) is 0 Å². The van der Waals surface area contributed by atoms with E-state index >= 15 is 0 Å². The fourth-order valence-electron chi connectivity index (χ4n) is 2.88. The molecule has 0 fully saturated rings. The van der Waals surface area contributed by atoms with Gasteiger partial charge in [-0.15, -0.1) is 11.3 Å². The molecule has 0 bridgehead atoms. The molecule has 4 aromatic rings. The molecule has 0 radical (unpaired) electrons. The zero-order valence-corrected chi connectivity index (χ0v) is 13.6. The minimum absolute atomic E-state index is 0.0639. The summed E-state index contributed by atoms with van der Waals surface area (Å²) in [6.45, 7) is 0. The van der Waals surface area contributed by atoms with Crippen LogP contribution >= 0.6 is 11.3 Å². The molecular weight excluding hydrogens is 316 g/mol. The van der Waals surface area contributed by atoms with Crippen molar-refractivity contribution in [3.05, 3.63) is 89.3 Å². The van der Waals surface area contributed by atoms with Crippen LogP contribution in [0.4, 0.5) is 0 Å². The Hall–Kier alpha value is -2.91. The van der Waals surface area contributed by atoms with E-state index in [0.29, 0.717) is 10.4 Å². The Labute approximate surface area is 143 Å². The van der Waals surface area contributed by atoms with Gasteiger partial charge >= 0.3 is 0 Å². The zero-order chi connectivity index (χ0) is 16.5. The van der Waals surface area contributed by atoms with E-state index in [1.807, 2.05) is 54.6 Å². The van der Waals surface area contributed by atoms with Gasteiger partial charge in [0.05, 0.1) is 4.88 Å². The van der Waals surface area contributed by atoms with E-state index in [0.717, 1.165) is 21.2 Å². The Morgan fingerprint density at radius 2 is 1.58 bits per heavy atom. The van der Waals surface area contributed by atoms with Crippen LogP contribution in [0.5, 0.6) is 5.75 Å². The average molecular weight is 330 g/mol. The molecule has 116 valence electrons. The highest BCUT2D eigenvalue weighted by Crippen LogP contribution is 2.39. The molecule has 1 N–H and O–H groups in total. The van der Waals surface area contributed by atoms with Crippen LogP contribution in [-0.2, 0) is 0 Å². The second-order valence-electron chi connectivity index (χ2n) is 5.55. The molecule has 0 aliphatic carbocycles. The quantitative estimate of drug-likeness (QED) is 0.503. The standard InChI is InChI=1S/C21H14O2S/c22-16-10-6-9-15(13-16)20(23)21-19(14-7-2-1-3-8-14)17-11-4-5-12-18(17)24-21/h1-13,22H. The maximum atomic E-state index is 13.1. The van der Waals surface area contributed by atoms with E-state index in [2.05, 4.69) is 0 Å². The summed E-state index contributed by atoms with van der Waals surface area (Å²) in [6, 6.07) is 24.5. The molecule has 1 aromatic heterocycles. The van der Waals surface area contributed by atoms with E-state index in [1.54, 1.807) is 18.2 Å². The number of phenolic OH excluding ortho intramolecular Hbond substituents is 1. The SMILES string of the molecule is O=C(c1cccc(O)c1)c1sc2ccccc2c1-c1ccccc1. The van der Waals surface area contributed by atoms with E-state index < -0.39 is 0 Å². The third kappa shape index (κ3) is 2.49. The van der Waals surface area contributed by atoms with Crippen molar-refractivity contribution < 1.29 is 9.90 Å². The van der Waals surface area contributed by atoms with Gasteiger partial charge < -0.3 is 5.11 Å². The average Bonchev–Trinajstić information content (AvgIpc) is 3.01. The maximum Gasteiger partial charge on any atom is 0.203 e. The van der Waals surface area contributed by atoms with Gasteiger partial charge in [0.2, 0.25) is 5.78 Å². The molecule has 0 amide bonds. The van der Waals surface area contributed by atoms with Crippen molar-refractivity contribution in [2.45, 2.75) is 0 Å². The van der Waals surface area contributed by atoms with Gasteiger partial charge in [0, 0.05) is 21.2 Å². The second-order valence-corrected chi connectivity index (χ2v) is 6.60. The fourth-order valence-corrected chi connectivity index (χ4v) is 4.06. The lowest BCUT2D eigenvalue weighted by atomic mass is 9.98. The fraction of sp³-hybridized carbons (Fsp3) is 0. The molecule has 2 nitrogen and oxygen atoms in total. The largest absolute Gasteiger partial charge is 0.508 e. The van der Waals surface area contributed by atoms with Crippen molar-refractivity contribution in [1.29, 1.82) is 0 Å². The molecule has 0 unspecified atom stereocenters. The minimum Gasteiger partial charge on any atom is -0.508 e. The molecule has 0 saturated heterocycles. The predicted octanol–water partition coefficient (Wildman–Crippen LogP) is 5.50. The first-order valence-corrected chi connectivity index (χ1v) is 8.46. The first-order valence-electron chi connectivity index (χ1n) is 7.65. The number of aromatic hydroxyl groups is 1. The van der Waals surface area contributed by atoms with Gasteiger partial charge in [-0.1, -0.05) is 60.7 Å². The molecule has 3 aromatic carbocycles. The number of carbonyl (C=O) groups excluding carboxylic acids is 1. The molecule has 0 saturated carbocycles. The monoisotopic (exact) mass is 330 g/mol. The topological polar surface area (TPSA) is 37.3 Å². The van der Waals surface area contributed by atoms with Crippen LogP contribution in [0.3, 0.4) is 0 Å². The van der Waals surface area contributed by atoms with Crippen LogP contribution in [0.1, 0.15) is 15.2 Å². The van der Waals surface area contributed by atoms with Crippen LogP contribution < -0.4 is 0 Å². The predicted molar refractivity (Wildman–Crippen MR) is 98.8 cm³/mol. The summed E-state index contributed by atoms with van der Waals surface area (Å²) in [5.74, 6) is 0.0363. The van der Waals surface area contributed by atoms with Crippen LogP contribution in [0.2, 0.25) is 0 Å². The Balaban J connectivity index is 1.97. The molecule has 3 heteroatoms. The number of ketones is 1. The van der Waals surface area contributed by atoms with Crippen LogP contribution in [-0.4, -0.2) is 10.9 Å². The van der Waals surface area contributed by atoms with Gasteiger partial charge in [-0.2, -0.15) is 0 Å². The van der Waals surface area contributed by atoms with Crippen LogP contribution in [0.25, 0.3) is 21.2 Å². The number of hydrogen-bond acceptors (Lipinski definition) is 3. The third-order valence-corrected chi connectivity index (χ3v) is 5.14. The van der Waals surface area contributed by atoms with Crippen LogP contribution in [0.15, 0.2) is 78.9 Å². The van der Waals surface area contributed by atoms with Crippen LogP contribution in [0, 0.1) is 0 Å².